The maximum absolute atomic E-state index is 3.52. The van der Waals surface area contributed by atoms with Crippen LogP contribution in [0.3, 0.4) is 0 Å². The van der Waals surface area contributed by atoms with E-state index in [1.807, 2.05) is 24.3 Å². The summed E-state index contributed by atoms with van der Waals surface area (Å²) < 4.78 is 0. The maximum atomic E-state index is 3.52. The lowest BCUT2D eigenvalue weighted by Crippen LogP contribution is -2.14. The molecule has 2 aromatic carbocycles. The number of hydrogen-bond donors (Lipinski definition) is 2. The second-order valence-corrected chi connectivity index (χ2v) is 4.49. The topological polar surface area (TPSA) is 24.1 Å². The van der Waals surface area contributed by atoms with Crippen LogP contribution >= 0.6 is 0 Å². The van der Waals surface area contributed by atoms with Gasteiger partial charge in [-0.15, -0.1) is 0 Å². The number of benzene rings is 2. The van der Waals surface area contributed by atoms with Crippen molar-refractivity contribution in [3.05, 3.63) is 54.6 Å². The molecule has 0 fully saturated rings. The minimum absolute atomic E-state index is 0.476. The fourth-order valence-electron chi connectivity index (χ4n) is 1.76. The highest BCUT2D eigenvalue weighted by molar-refractivity contribution is 5.74. The molecule has 1 unspecified atom stereocenters. The molecule has 2 nitrogen and oxygen atoms in total. The van der Waals surface area contributed by atoms with E-state index in [2.05, 4.69) is 54.8 Å². The Morgan fingerprint density at radius 1 is 0.889 bits per heavy atom. The molecule has 18 heavy (non-hydrogen) atoms. The molecular weight excluding hydrogens is 220 g/mol. The number of hydrogen-bond acceptors (Lipinski definition) is 2. The molecule has 2 aromatic rings. The van der Waals surface area contributed by atoms with Gasteiger partial charge in [-0.3, -0.25) is 0 Å². The van der Waals surface area contributed by atoms with E-state index >= 15 is 0 Å². The lowest BCUT2D eigenvalue weighted by atomic mass is 10.2. The molecule has 0 spiro atoms. The van der Waals surface area contributed by atoms with Crippen LogP contribution in [0.25, 0.3) is 0 Å². The van der Waals surface area contributed by atoms with E-state index in [1.165, 1.54) is 0 Å². The molecule has 2 heteroatoms. The smallest absolute Gasteiger partial charge is 0.0620 e. The summed E-state index contributed by atoms with van der Waals surface area (Å²) in [5.41, 5.74) is 3.37. The van der Waals surface area contributed by atoms with Gasteiger partial charge in [-0.25, -0.2) is 0 Å². The first kappa shape index (κ1) is 12.5. The van der Waals surface area contributed by atoms with Gasteiger partial charge in [0.1, 0.15) is 0 Å². The van der Waals surface area contributed by atoms with Crippen LogP contribution in [0.5, 0.6) is 0 Å². The summed E-state index contributed by atoms with van der Waals surface area (Å²) in [4.78, 5) is 0. The average molecular weight is 240 g/mol. The van der Waals surface area contributed by atoms with Crippen molar-refractivity contribution >= 4 is 17.1 Å². The van der Waals surface area contributed by atoms with Gasteiger partial charge in [0.15, 0.2) is 0 Å². The summed E-state index contributed by atoms with van der Waals surface area (Å²) in [6.07, 6.45) is 1.11. The van der Waals surface area contributed by atoms with Crippen LogP contribution < -0.4 is 10.6 Å². The molecule has 0 aliphatic rings. The molecule has 94 valence electrons. The Bertz CT molecular complexity index is 479. The fraction of sp³-hybridized carbons (Fsp3) is 0.250. The molecule has 0 bridgehead atoms. The quantitative estimate of drug-likeness (QED) is 0.795. The standard InChI is InChI=1S/C16H20N2/c1-3-13(2)17-15-11-7-8-12-16(15)18-14-9-5-4-6-10-14/h4-13,17-18H,3H2,1-2H3. The van der Waals surface area contributed by atoms with Crippen molar-refractivity contribution in [2.24, 2.45) is 0 Å². The normalized spacial score (nSPS) is 11.9. The summed E-state index contributed by atoms with van der Waals surface area (Å²) in [6, 6.07) is 19.0. The first-order chi connectivity index (χ1) is 8.79. The van der Waals surface area contributed by atoms with Gasteiger partial charge < -0.3 is 10.6 Å². The van der Waals surface area contributed by atoms with Crippen molar-refractivity contribution in [3.8, 4) is 0 Å². The van der Waals surface area contributed by atoms with Crippen LogP contribution in [0, 0.1) is 0 Å². The van der Waals surface area contributed by atoms with E-state index in [9.17, 15) is 0 Å². The predicted molar refractivity (Wildman–Crippen MR) is 79.5 cm³/mol. The summed E-state index contributed by atoms with van der Waals surface area (Å²) in [5, 5.41) is 6.96. The zero-order valence-corrected chi connectivity index (χ0v) is 11.0. The molecule has 0 aromatic heterocycles. The Morgan fingerprint density at radius 3 is 2.17 bits per heavy atom. The number of anilines is 3. The van der Waals surface area contributed by atoms with Crippen LogP contribution in [-0.2, 0) is 0 Å². The van der Waals surface area contributed by atoms with Gasteiger partial charge in [0.25, 0.3) is 0 Å². The van der Waals surface area contributed by atoms with Gasteiger partial charge in [-0.1, -0.05) is 37.3 Å². The van der Waals surface area contributed by atoms with Crippen molar-refractivity contribution < 1.29 is 0 Å². The molecule has 1 atom stereocenters. The van der Waals surface area contributed by atoms with Gasteiger partial charge in [0.05, 0.1) is 11.4 Å². The average Bonchev–Trinajstić information content (AvgIpc) is 2.42. The van der Waals surface area contributed by atoms with E-state index in [0.29, 0.717) is 6.04 Å². The fourth-order valence-corrected chi connectivity index (χ4v) is 1.76. The van der Waals surface area contributed by atoms with E-state index in [1.54, 1.807) is 0 Å². The van der Waals surface area contributed by atoms with Crippen LogP contribution in [0.2, 0.25) is 0 Å². The molecule has 0 radical (unpaired) electrons. The summed E-state index contributed by atoms with van der Waals surface area (Å²) in [7, 11) is 0. The molecule has 0 saturated carbocycles. The zero-order valence-electron chi connectivity index (χ0n) is 11.0. The van der Waals surface area contributed by atoms with Crippen LogP contribution in [0.1, 0.15) is 20.3 Å². The minimum atomic E-state index is 0.476. The summed E-state index contributed by atoms with van der Waals surface area (Å²) in [5.74, 6) is 0. The number of para-hydroxylation sites is 3. The third-order valence-electron chi connectivity index (χ3n) is 2.99. The Balaban J connectivity index is 2.17. The lowest BCUT2D eigenvalue weighted by molar-refractivity contribution is 0.764. The Hall–Kier alpha value is -1.96. The van der Waals surface area contributed by atoms with Crippen molar-refractivity contribution in [2.45, 2.75) is 26.3 Å². The predicted octanol–water partition coefficient (Wildman–Crippen LogP) is 4.64. The number of rotatable bonds is 5. The molecule has 2 N–H and O–H groups in total. The monoisotopic (exact) mass is 240 g/mol. The van der Waals surface area contributed by atoms with Crippen LogP contribution in [-0.4, -0.2) is 6.04 Å². The van der Waals surface area contributed by atoms with E-state index < -0.39 is 0 Å². The summed E-state index contributed by atoms with van der Waals surface area (Å²) in [6.45, 7) is 4.38. The first-order valence-electron chi connectivity index (χ1n) is 6.47. The van der Waals surface area contributed by atoms with E-state index in [0.717, 1.165) is 23.5 Å². The van der Waals surface area contributed by atoms with Gasteiger partial charge in [-0.2, -0.15) is 0 Å². The third kappa shape index (κ3) is 3.27. The zero-order chi connectivity index (χ0) is 12.8. The second-order valence-electron chi connectivity index (χ2n) is 4.49. The van der Waals surface area contributed by atoms with Gasteiger partial charge in [0, 0.05) is 11.7 Å². The summed E-state index contributed by atoms with van der Waals surface area (Å²) >= 11 is 0. The van der Waals surface area contributed by atoms with Crippen molar-refractivity contribution in [1.29, 1.82) is 0 Å². The van der Waals surface area contributed by atoms with Gasteiger partial charge in [0.2, 0.25) is 0 Å². The molecule has 2 rings (SSSR count). The minimum Gasteiger partial charge on any atom is -0.381 e. The van der Waals surface area contributed by atoms with Crippen LogP contribution in [0.15, 0.2) is 54.6 Å². The molecule has 0 aliphatic carbocycles. The number of nitrogens with one attached hydrogen (secondary N) is 2. The van der Waals surface area contributed by atoms with Crippen molar-refractivity contribution in [2.75, 3.05) is 10.6 Å². The highest BCUT2D eigenvalue weighted by atomic mass is 15.0. The molecular formula is C16H20N2. The third-order valence-corrected chi connectivity index (χ3v) is 2.99. The molecule has 0 amide bonds. The largest absolute Gasteiger partial charge is 0.381 e. The Morgan fingerprint density at radius 2 is 1.50 bits per heavy atom. The maximum Gasteiger partial charge on any atom is 0.0620 e. The van der Waals surface area contributed by atoms with Gasteiger partial charge in [-0.05, 0) is 37.6 Å². The Kier molecular flexibility index (Phi) is 4.24. The van der Waals surface area contributed by atoms with E-state index in [-0.39, 0.29) is 0 Å². The van der Waals surface area contributed by atoms with Gasteiger partial charge >= 0.3 is 0 Å². The van der Waals surface area contributed by atoms with E-state index in [4.69, 9.17) is 0 Å². The Labute approximate surface area is 109 Å². The molecule has 0 saturated heterocycles. The molecule has 0 heterocycles. The SMILES string of the molecule is CCC(C)Nc1ccccc1Nc1ccccc1. The van der Waals surface area contributed by atoms with Crippen LogP contribution in [0.4, 0.5) is 17.1 Å². The van der Waals surface area contributed by atoms with Crippen molar-refractivity contribution in [1.82, 2.24) is 0 Å². The molecule has 0 aliphatic heterocycles. The highest BCUT2D eigenvalue weighted by Crippen LogP contribution is 2.25. The first-order valence-corrected chi connectivity index (χ1v) is 6.47. The highest BCUT2D eigenvalue weighted by Gasteiger charge is 2.04. The lowest BCUT2D eigenvalue weighted by Gasteiger charge is -2.17. The van der Waals surface area contributed by atoms with Crippen molar-refractivity contribution in [3.63, 3.8) is 0 Å². The second kappa shape index (κ2) is 6.10.